The third kappa shape index (κ3) is 11.0. The summed E-state index contributed by atoms with van der Waals surface area (Å²) in [5.41, 5.74) is 0.0958. The van der Waals surface area contributed by atoms with E-state index >= 15 is 0 Å². The lowest BCUT2D eigenvalue weighted by Crippen LogP contribution is -2.02. The summed E-state index contributed by atoms with van der Waals surface area (Å²) in [4.78, 5) is 9.32. The molecule has 0 aromatic carbocycles. The van der Waals surface area contributed by atoms with Crippen molar-refractivity contribution in [3.8, 4) is 0 Å². The molecule has 0 aliphatic heterocycles. The predicted octanol–water partition coefficient (Wildman–Crippen LogP) is 5.15. The lowest BCUT2D eigenvalue weighted by molar-refractivity contribution is 0.463. The molecule has 0 radical (unpaired) electrons. The molecule has 0 fully saturated rings. The molecule has 1 N–H and O–H groups in total. The first-order chi connectivity index (χ1) is 8.22. The average molecular weight is 262 g/mol. The Balaban J connectivity index is 3.57. The van der Waals surface area contributed by atoms with Gasteiger partial charge >= 0.3 is 0 Å². The van der Waals surface area contributed by atoms with E-state index < -0.39 is 8.03 Å². The largest absolute Gasteiger partial charge is 0.346 e. The van der Waals surface area contributed by atoms with E-state index in [2.05, 4.69) is 13.8 Å². The van der Waals surface area contributed by atoms with Gasteiger partial charge in [0.05, 0.1) is 0 Å². The second-order valence-electron chi connectivity index (χ2n) is 5.09. The first-order valence-corrected chi connectivity index (χ1v) is 8.88. The van der Waals surface area contributed by atoms with E-state index in [0.717, 1.165) is 25.7 Å². The Morgan fingerprint density at radius 3 is 1.65 bits per heavy atom. The van der Waals surface area contributed by atoms with Crippen molar-refractivity contribution < 1.29 is 9.46 Å². The molecule has 2 atom stereocenters. The summed E-state index contributed by atoms with van der Waals surface area (Å²) in [6.07, 6.45) is 13.0. The lowest BCUT2D eigenvalue weighted by Gasteiger charge is -2.13. The zero-order valence-electron chi connectivity index (χ0n) is 11.7. The minimum atomic E-state index is -2.30. The monoisotopic (exact) mass is 262 g/mol. The second-order valence-corrected chi connectivity index (χ2v) is 6.58. The van der Waals surface area contributed by atoms with E-state index in [4.69, 9.17) is 0 Å². The normalized spacial score (nSPS) is 14.8. The molecule has 0 aliphatic carbocycles. The van der Waals surface area contributed by atoms with Crippen molar-refractivity contribution in [2.75, 3.05) is 0 Å². The molecule has 3 heteroatoms. The standard InChI is InChI=1S/C14H31O2P/c1-3-5-7-9-11-13-14(17(15)16)12-10-8-6-4-2/h14,17H,3-13H2,1-2H3,(H,15,16). The van der Waals surface area contributed by atoms with E-state index in [0.29, 0.717) is 0 Å². The van der Waals surface area contributed by atoms with Crippen LogP contribution in [0.3, 0.4) is 0 Å². The fraction of sp³-hybridized carbons (Fsp3) is 1.00. The van der Waals surface area contributed by atoms with Crippen LogP contribution in [-0.2, 0) is 4.57 Å². The summed E-state index contributed by atoms with van der Waals surface area (Å²) in [6, 6.07) is 0. The fourth-order valence-electron chi connectivity index (χ4n) is 2.20. The van der Waals surface area contributed by atoms with E-state index in [1.54, 1.807) is 0 Å². The van der Waals surface area contributed by atoms with Crippen LogP contribution < -0.4 is 0 Å². The van der Waals surface area contributed by atoms with Gasteiger partial charge in [-0.1, -0.05) is 71.6 Å². The molecule has 0 aliphatic rings. The van der Waals surface area contributed by atoms with Gasteiger partial charge in [-0.3, -0.25) is 4.57 Å². The summed E-state index contributed by atoms with van der Waals surface area (Å²) in [5.74, 6) is 0. The molecule has 17 heavy (non-hydrogen) atoms. The van der Waals surface area contributed by atoms with Crippen LogP contribution in [0.15, 0.2) is 0 Å². The van der Waals surface area contributed by atoms with Crippen molar-refractivity contribution in [2.45, 2.75) is 90.1 Å². The minimum Gasteiger partial charge on any atom is -0.346 e. The van der Waals surface area contributed by atoms with Crippen molar-refractivity contribution in [1.29, 1.82) is 0 Å². The molecule has 104 valence electrons. The average Bonchev–Trinajstić information content (AvgIpc) is 2.31. The molecule has 0 heterocycles. The zero-order valence-corrected chi connectivity index (χ0v) is 12.7. The highest BCUT2D eigenvalue weighted by molar-refractivity contribution is 7.38. The first-order valence-electron chi connectivity index (χ1n) is 7.45. The maximum absolute atomic E-state index is 11.3. The van der Waals surface area contributed by atoms with Crippen molar-refractivity contribution in [2.24, 2.45) is 0 Å². The van der Waals surface area contributed by atoms with Crippen LogP contribution in [0, 0.1) is 0 Å². The van der Waals surface area contributed by atoms with Gasteiger partial charge < -0.3 is 4.89 Å². The Bertz CT molecular complexity index is 183. The Hall–Kier alpha value is 0.190. The first kappa shape index (κ1) is 17.2. The summed E-state index contributed by atoms with van der Waals surface area (Å²) < 4.78 is 11.3. The topological polar surface area (TPSA) is 37.3 Å². The lowest BCUT2D eigenvalue weighted by atomic mass is 10.0. The van der Waals surface area contributed by atoms with Crippen molar-refractivity contribution in [1.82, 2.24) is 0 Å². The van der Waals surface area contributed by atoms with E-state index in [-0.39, 0.29) is 5.66 Å². The van der Waals surface area contributed by atoms with Crippen LogP contribution in [0.4, 0.5) is 0 Å². The number of rotatable bonds is 12. The van der Waals surface area contributed by atoms with Gasteiger partial charge in [-0.15, -0.1) is 0 Å². The van der Waals surface area contributed by atoms with Crippen molar-refractivity contribution in [3.05, 3.63) is 0 Å². The smallest absolute Gasteiger partial charge is 0.192 e. The van der Waals surface area contributed by atoms with Gasteiger partial charge in [-0.2, -0.15) is 0 Å². The zero-order chi connectivity index (χ0) is 12.9. The molecule has 0 saturated carbocycles. The van der Waals surface area contributed by atoms with E-state index in [1.165, 1.54) is 44.9 Å². The summed E-state index contributed by atoms with van der Waals surface area (Å²) in [5, 5.41) is 0. The maximum Gasteiger partial charge on any atom is 0.192 e. The highest BCUT2D eigenvalue weighted by atomic mass is 31.1. The molecule has 0 rings (SSSR count). The summed E-state index contributed by atoms with van der Waals surface area (Å²) >= 11 is 0. The SMILES string of the molecule is CCCCCCCC(CCCCCC)[PH](=O)O. The molecule has 0 amide bonds. The van der Waals surface area contributed by atoms with Gasteiger partial charge in [0.25, 0.3) is 0 Å². The third-order valence-corrected chi connectivity index (χ3v) is 4.69. The molecular weight excluding hydrogens is 231 g/mol. The van der Waals surface area contributed by atoms with Gasteiger partial charge in [0.1, 0.15) is 0 Å². The van der Waals surface area contributed by atoms with E-state index in [9.17, 15) is 9.46 Å². The Morgan fingerprint density at radius 1 is 0.824 bits per heavy atom. The van der Waals surface area contributed by atoms with Crippen LogP contribution in [0.2, 0.25) is 0 Å². The fourth-order valence-corrected chi connectivity index (χ4v) is 3.11. The molecular formula is C14H31O2P. The number of hydrogen-bond donors (Lipinski definition) is 1. The van der Waals surface area contributed by atoms with Crippen LogP contribution in [0.25, 0.3) is 0 Å². The van der Waals surface area contributed by atoms with Crippen molar-refractivity contribution >= 4 is 8.03 Å². The Morgan fingerprint density at radius 2 is 1.24 bits per heavy atom. The summed E-state index contributed by atoms with van der Waals surface area (Å²) in [7, 11) is -2.30. The molecule has 0 bridgehead atoms. The second kappa shape index (κ2) is 12.6. The molecule has 0 aromatic rings. The predicted molar refractivity (Wildman–Crippen MR) is 77.1 cm³/mol. The van der Waals surface area contributed by atoms with E-state index in [1.807, 2.05) is 0 Å². The summed E-state index contributed by atoms with van der Waals surface area (Å²) in [6.45, 7) is 4.41. The molecule has 2 nitrogen and oxygen atoms in total. The molecule has 0 saturated heterocycles. The van der Waals surface area contributed by atoms with Gasteiger partial charge in [-0.05, 0) is 12.8 Å². The number of hydrogen-bond acceptors (Lipinski definition) is 1. The van der Waals surface area contributed by atoms with Crippen LogP contribution >= 0.6 is 8.03 Å². The van der Waals surface area contributed by atoms with Gasteiger partial charge in [0.15, 0.2) is 8.03 Å². The Labute approximate surface area is 108 Å². The van der Waals surface area contributed by atoms with Crippen LogP contribution in [-0.4, -0.2) is 10.6 Å². The van der Waals surface area contributed by atoms with Gasteiger partial charge in [0, 0.05) is 5.66 Å². The highest BCUT2D eigenvalue weighted by Gasteiger charge is 2.13. The number of unbranched alkanes of at least 4 members (excludes halogenated alkanes) is 7. The minimum absolute atomic E-state index is 0.0958. The third-order valence-electron chi connectivity index (χ3n) is 3.41. The van der Waals surface area contributed by atoms with Gasteiger partial charge in [-0.25, -0.2) is 0 Å². The quantitative estimate of drug-likeness (QED) is 0.390. The van der Waals surface area contributed by atoms with Crippen molar-refractivity contribution in [3.63, 3.8) is 0 Å². The Kier molecular flexibility index (Phi) is 12.8. The van der Waals surface area contributed by atoms with Crippen LogP contribution in [0.5, 0.6) is 0 Å². The molecule has 2 unspecified atom stereocenters. The van der Waals surface area contributed by atoms with Crippen LogP contribution in [0.1, 0.15) is 84.5 Å². The van der Waals surface area contributed by atoms with Gasteiger partial charge in [0.2, 0.25) is 0 Å². The highest BCUT2D eigenvalue weighted by Crippen LogP contribution is 2.31. The molecule has 0 aromatic heterocycles. The maximum atomic E-state index is 11.3. The molecule has 0 spiro atoms.